The van der Waals surface area contributed by atoms with Gasteiger partial charge in [-0.3, -0.25) is 14.2 Å². The molecule has 0 radical (unpaired) electrons. The minimum atomic E-state index is -0.357. The van der Waals surface area contributed by atoms with E-state index in [0.29, 0.717) is 42.7 Å². The number of carbonyl (C=O) groups excluding carboxylic acids is 1. The number of hydrogen-bond acceptors (Lipinski definition) is 4. The maximum Gasteiger partial charge on any atom is 0.261 e. The van der Waals surface area contributed by atoms with Gasteiger partial charge >= 0.3 is 0 Å². The van der Waals surface area contributed by atoms with Crippen molar-refractivity contribution in [3.8, 4) is 0 Å². The first kappa shape index (κ1) is 18.4. The highest BCUT2D eigenvalue weighted by molar-refractivity contribution is 6.05. The van der Waals surface area contributed by atoms with Crippen molar-refractivity contribution in [3.63, 3.8) is 0 Å². The Morgan fingerprint density at radius 1 is 1.07 bits per heavy atom. The van der Waals surface area contributed by atoms with Gasteiger partial charge in [-0.1, -0.05) is 30.3 Å². The lowest BCUT2D eigenvalue weighted by molar-refractivity contribution is -0.119. The molecule has 28 heavy (non-hydrogen) atoms. The van der Waals surface area contributed by atoms with Gasteiger partial charge in [0.25, 0.3) is 5.56 Å². The number of fused-ring (bicyclic) bond motifs is 2. The van der Waals surface area contributed by atoms with Crippen molar-refractivity contribution in [1.82, 2.24) is 9.55 Å². The van der Waals surface area contributed by atoms with E-state index in [1.807, 2.05) is 49.4 Å². The maximum absolute atomic E-state index is 13.0. The number of nitrogens with zero attached hydrogens (tertiary/aromatic N) is 3. The molecule has 0 bridgehead atoms. The van der Waals surface area contributed by atoms with E-state index in [0.717, 1.165) is 11.3 Å². The second-order valence-electron chi connectivity index (χ2n) is 6.98. The summed E-state index contributed by atoms with van der Waals surface area (Å²) in [5, 5.41) is 9.80. The average Bonchev–Trinajstić information content (AvgIpc) is 2.99. The fraction of sp³-hybridized carbons (Fsp3) is 0.318. The van der Waals surface area contributed by atoms with Crippen molar-refractivity contribution >= 4 is 22.5 Å². The van der Waals surface area contributed by atoms with Crippen LogP contribution in [0.4, 0.5) is 5.69 Å². The molecule has 0 aliphatic carbocycles. The molecule has 0 fully saturated rings. The molecule has 1 N–H and O–H groups in total. The zero-order chi connectivity index (χ0) is 19.7. The van der Waals surface area contributed by atoms with Crippen LogP contribution >= 0.6 is 0 Å². The van der Waals surface area contributed by atoms with E-state index in [4.69, 9.17) is 4.98 Å². The van der Waals surface area contributed by atoms with Crippen LogP contribution in [0.25, 0.3) is 10.9 Å². The normalized spacial score (nSPS) is 16.0. The number of likely N-dealkylation sites (N-methyl/N-ethyl adjacent to an activating group) is 1. The zero-order valence-electron chi connectivity index (χ0n) is 15.8. The first-order chi connectivity index (χ1) is 13.7. The van der Waals surface area contributed by atoms with Crippen LogP contribution in [0.3, 0.4) is 0 Å². The third kappa shape index (κ3) is 2.99. The summed E-state index contributed by atoms with van der Waals surface area (Å²) in [4.78, 5) is 32.6. The Bertz CT molecular complexity index is 1090. The fourth-order valence-electron chi connectivity index (χ4n) is 4.00. The number of aromatic nitrogens is 2. The summed E-state index contributed by atoms with van der Waals surface area (Å²) in [6, 6.07) is 15.1. The largest absolute Gasteiger partial charge is 0.396 e. The molecule has 2 aromatic carbocycles. The summed E-state index contributed by atoms with van der Waals surface area (Å²) >= 11 is 0. The lowest BCUT2D eigenvalue weighted by Crippen LogP contribution is -2.31. The molecule has 4 rings (SSSR count). The molecule has 144 valence electrons. The Morgan fingerprint density at radius 3 is 2.61 bits per heavy atom. The number of hydrogen-bond donors (Lipinski definition) is 1. The third-order valence-electron chi connectivity index (χ3n) is 5.35. The highest BCUT2D eigenvalue weighted by atomic mass is 16.3. The Labute approximate surface area is 163 Å². The smallest absolute Gasteiger partial charge is 0.261 e. The van der Waals surface area contributed by atoms with Crippen LogP contribution < -0.4 is 10.5 Å². The quantitative estimate of drug-likeness (QED) is 0.716. The van der Waals surface area contributed by atoms with Crippen LogP contribution in [-0.2, 0) is 17.8 Å². The van der Waals surface area contributed by atoms with Gasteiger partial charge in [0, 0.05) is 31.8 Å². The summed E-state index contributed by atoms with van der Waals surface area (Å²) in [7, 11) is 0. The molecule has 1 atom stereocenters. The number of carbonyl (C=O) groups is 1. The van der Waals surface area contributed by atoms with Crippen molar-refractivity contribution in [2.45, 2.75) is 32.2 Å². The lowest BCUT2D eigenvalue weighted by atomic mass is 9.96. The average molecular weight is 377 g/mol. The van der Waals surface area contributed by atoms with E-state index >= 15 is 0 Å². The number of rotatable bonds is 6. The second-order valence-corrected chi connectivity index (χ2v) is 6.98. The Morgan fingerprint density at radius 2 is 1.82 bits per heavy atom. The molecular formula is C22H23N3O3. The Hall–Kier alpha value is -2.99. The molecular weight excluding hydrogens is 354 g/mol. The van der Waals surface area contributed by atoms with E-state index in [1.54, 1.807) is 15.5 Å². The predicted octanol–water partition coefficient (Wildman–Crippen LogP) is 2.47. The number of benzene rings is 2. The van der Waals surface area contributed by atoms with E-state index in [1.165, 1.54) is 0 Å². The topological polar surface area (TPSA) is 75.4 Å². The monoisotopic (exact) mass is 377 g/mol. The lowest BCUT2D eigenvalue weighted by Gasteiger charge is -2.17. The van der Waals surface area contributed by atoms with Gasteiger partial charge < -0.3 is 10.0 Å². The van der Waals surface area contributed by atoms with Gasteiger partial charge in [-0.15, -0.1) is 0 Å². The highest BCUT2D eigenvalue weighted by Crippen LogP contribution is 2.38. The van der Waals surface area contributed by atoms with Crippen LogP contribution in [0.5, 0.6) is 0 Å². The molecule has 2 heterocycles. The van der Waals surface area contributed by atoms with Crippen LogP contribution in [0.15, 0.2) is 53.3 Å². The molecule has 1 aromatic heterocycles. The molecule has 0 spiro atoms. The van der Waals surface area contributed by atoms with Gasteiger partial charge in [0.15, 0.2) is 0 Å². The molecule has 0 saturated carbocycles. The van der Waals surface area contributed by atoms with Gasteiger partial charge in [0.05, 0.1) is 16.8 Å². The standard InChI is InChI=1S/C22H23N3O3/c1-2-24-19-11-6-4-8-15(19)17(22(24)28)14-20-23-18-10-5-3-9-16(18)21(27)25(20)12-7-13-26/h3-6,8-11,17,26H,2,7,12-14H2,1H3/t17-/m0/s1. The van der Waals surface area contributed by atoms with E-state index in [2.05, 4.69) is 0 Å². The molecule has 0 saturated heterocycles. The van der Waals surface area contributed by atoms with Crippen molar-refractivity contribution < 1.29 is 9.90 Å². The van der Waals surface area contributed by atoms with Crippen LogP contribution in [-0.4, -0.2) is 33.7 Å². The van der Waals surface area contributed by atoms with E-state index < -0.39 is 0 Å². The first-order valence-electron chi connectivity index (χ1n) is 9.65. The predicted molar refractivity (Wildman–Crippen MR) is 109 cm³/mol. The highest BCUT2D eigenvalue weighted by Gasteiger charge is 2.37. The number of amides is 1. The molecule has 1 amide bonds. The number of aliphatic hydroxyl groups excluding tert-OH is 1. The molecule has 6 nitrogen and oxygen atoms in total. The van der Waals surface area contributed by atoms with Crippen LogP contribution in [0.1, 0.15) is 30.7 Å². The third-order valence-corrected chi connectivity index (χ3v) is 5.35. The molecule has 3 aromatic rings. The zero-order valence-corrected chi connectivity index (χ0v) is 15.8. The van der Waals surface area contributed by atoms with Crippen molar-refractivity contribution in [2.24, 2.45) is 0 Å². The molecule has 6 heteroatoms. The van der Waals surface area contributed by atoms with Crippen LogP contribution in [0.2, 0.25) is 0 Å². The number of anilines is 1. The van der Waals surface area contributed by atoms with Crippen molar-refractivity contribution in [3.05, 3.63) is 70.3 Å². The Balaban J connectivity index is 1.81. The maximum atomic E-state index is 13.0. The summed E-state index contributed by atoms with van der Waals surface area (Å²) in [5.74, 6) is 0.271. The van der Waals surface area contributed by atoms with Gasteiger partial charge in [-0.25, -0.2) is 4.98 Å². The minimum Gasteiger partial charge on any atom is -0.396 e. The van der Waals surface area contributed by atoms with E-state index in [9.17, 15) is 14.7 Å². The Kier molecular flexibility index (Phi) is 4.96. The summed E-state index contributed by atoms with van der Waals surface area (Å²) in [5.41, 5.74) is 2.42. The van der Waals surface area contributed by atoms with Crippen LogP contribution in [0, 0.1) is 0 Å². The molecule has 0 unspecified atom stereocenters. The summed E-state index contributed by atoms with van der Waals surface area (Å²) < 4.78 is 1.61. The molecule has 1 aliphatic heterocycles. The number of para-hydroxylation sites is 2. The van der Waals surface area contributed by atoms with E-state index in [-0.39, 0.29) is 24.0 Å². The van der Waals surface area contributed by atoms with Gasteiger partial charge in [0.1, 0.15) is 5.82 Å². The SMILES string of the molecule is CCN1C(=O)[C@@H](Cc2nc3ccccc3c(=O)n2CCCO)c2ccccc21. The summed E-state index contributed by atoms with van der Waals surface area (Å²) in [6.07, 6.45) is 0.820. The van der Waals surface area contributed by atoms with Gasteiger partial charge in [-0.05, 0) is 37.1 Å². The molecule has 1 aliphatic rings. The second kappa shape index (κ2) is 7.56. The fourth-order valence-corrected chi connectivity index (χ4v) is 4.00. The minimum absolute atomic E-state index is 0.00644. The summed E-state index contributed by atoms with van der Waals surface area (Å²) in [6.45, 7) is 2.94. The van der Waals surface area contributed by atoms with Crippen molar-refractivity contribution in [1.29, 1.82) is 0 Å². The first-order valence-corrected chi connectivity index (χ1v) is 9.65. The van der Waals surface area contributed by atoms with Gasteiger partial charge in [0.2, 0.25) is 5.91 Å². The van der Waals surface area contributed by atoms with Gasteiger partial charge in [-0.2, -0.15) is 0 Å². The van der Waals surface area contributed by atoms with Crippen molar-refractivity contribution in [2.75, 3.05) is 18.1 Å². The number of aliphatic hydroxyl groups is 1.